The van der Waals surface area contributed by atoms with Crippen molar-refractivity contribution in [1.29, 1.82) is 0 Å². The number of hydrogen-bond donors (Lipinski definition) is 0. The SMILES string of the molecule is CCCCC[SiH](C1=[C]([Ti+3])CC=C1C(C)(C)C)c1c(C)c(C)c(C)c(C)c1C.[Cl-].[Cl-].[Cl-]. The first-order valence-corrected chi connectivity index (χ1v) is 13.5. The molecule has 0 saturated heterocycles. The predicted molar refractivity (Wildman–Crippen MR) is 120 cm³/mol. The molecule has 0 fully saturated rings. The van der Waals surface area contributed by atoms with Crippen molar-refractivity contribution in [2.75, 3.05) is 0 Å². The standard InChI is InChI=1S/C25H39Si.3ClH.Ti/c1-10-11-12-16-26(23-15-13-14-22(23)25(7,8)9)24-20(5)18(3)17(2)19(4)21(24)6;;;;/h14,26H,10-13,16H2,1-9H3;3*1H;/q;;;;+3/p-3. The monoisotopic (exact) mass is 520 g/mol. The summed E-state index contributed by atoms with van der Waals surface area (Å²) in [5.41, 5.74) is 9.63. The Morgan fingerprint density at radius 3 is 1.73 bits per heavy atom. The van der Waals surface area contributed by atoms with Crippen LogP contribution >= 0.6 is 0 Å². The molecule has 2 rings (SSSR count). The maximum Gasteiger partial charge on any atom is -1.00 e. The van der Waals surface area contributed by atoms with Gasteiger partial charge in [-0.05, 0) is 0 Å². The summed E-state index contributed by atoms with van der Waals surface area (Å²) in [5, 5.41) is 3.56. The first-order valence-electron chi connectivity index (χ1n) is 10.7. The third-order valence-electron chi connectivity index (χ3n) is 6.78. The molecule has 1 aromatic carbocycles. The number of allylic oxidation sites excluding steroid dienone is 4. The molecule has 0 aromatic heterocycles. The van der Waals surface area contributed by atoms with Gasteiger partial charge in [0, 0.05) is 0 Å². The summed E-state index contributed by atoms with van der Waals surface area (Å²) in [6.07, 6.45) is 7.77. The van der Waals surface area contributed by atoms with Crippen LogP contribution in [0.4, 0.5) is 0 Å². The summed E-state index contributed by atoms with van der Waals surface area (Å²) in [6.45, 7) is 21.3. The Labute approximate surface area is 218 Å². The minimum absolute atomic E-state index is 0. The first kappa shape index (κ1) is 32.7. The molecule has 0 radical (unpaired) electrons. The zero-order valence-corrected chi connectivity index (χ0v) is 25.3. The molecule has 1 aliphatic carbocycles. The summed E-state index contributed by atoms with van der Waals surface area (Å²) >= 11 is 2.41. The minimum Gasteiger partial charge on any atom is -1.00 e. The van der Waals surface area contributed by atoms with Crippen LogP contribution in [0.1, 0.15) is 81.2 Å². The normalized spacial score (nSPS) is 14.6. The van der Waals surface area contributed by atoms with Crippen LogP contribution in [0.2, 0.25) is 6.04 Å². The van der Waals surface area contributed by atoms with Crippen LogP contribution in [0.25, 0.3) is 0 Å². The van der Waals surface area contributed by atoms with Gasteiger partial charge in [-0.15, -0.1) is 0 Å². The van der Waals surface area contributed by atoms with E-state index in [1.807, 2.05) is 0 Å². The van der Waals surface area contributed by atoms with Crippen LogP contribution < -0.4 is 42.4 Å². The van der Waals surface area contributed by atoms with Crippen molar-refractivity contribution in [2.45, 2.75) is 94.0 Å². The molecule has 5 heteroatoms. The van der Waals surface area contributed by atoms with Crippen molar-refractivity contribution in [2.24, 2.45) is 5.41 Å². The summed E-state index contributed by atoms with van der Waals surface area (Å²) < 4.78 is 1.66. The first-order chi connectivity index (χ1) is 12.5. The third-order valence-corrected chi connectivity index (χ3v) is 11.9. The van der Waals surface area contributed by atoms with Crippen LogP contribution in [-0.2, 0) is 20.4 Å². The van der Waals surface area contributed by atoms with Crippen molar-refractivity contribution in [3.8, 4) is 0 Å². The van der Waals surface area contributed by atoms with Crippen molar-refractivity contribution in [1.82, 2.24) is 0 Å². The van der Waals surface area contributed by atoms with Gasteiger partial charge in [-0.3, -0.25) is 0 Å². The number of benzene rings is 1. The molecule has 0 amide bonds. The van der Waals surface area contributed by atoms with Crippen molar-refractivity contribution in [3.05, 3.63) is 48.5 Å². The Kier molecular flexibility index (Phi) is 14.5. The molecule has 168 valence electrons. The second kappa shape index (κ2) is 13.3. The van der Waals surface area contributed by atoms with Crippen LogP contribution in [-0.4, -0.2) is 8.80 Å². The Morgan fingerprint density at radius 2 is 1.30 bits per heavy atom. The van der Waals surface area contributed by atoms with E-state index in [1.54, 1.807) is 31.0 Å². The van der Waals surface area contributed by atoms with E-state index < -0.39 is 8.80 Å². The van der Waals surface area contributed by atoms with E-state index in [0.717, 1.165) is 0 Å². The second-order valence-corrected chi connectivity index (χ2v) is 13.3. The number of rotatable bonds is 6. The van der Waals surface area contributed by atoms with Gasteiger partial charge >= 0.3 is 182 Å². The summed E-state index contributed by atoms with van der Waals surface area (Å²) in [6, 6.07) is 1.41. The fraction of sp³-hybridized carbons (Fsp3) is 0.600. The molecule has 1 aromatic rings. The molecule has 0 heterocycles. The zero-order valence-electron chi connectivity index (χ0n) is 20.3. The molecular weight excluding hydrogens is 483 g/mol. The van der Waals surface area contributed by atoms with Gasteiger partial charge in [-0.2, -0.15) is 0 Å². The van der Waals surface area contributed by atoms with Crippen LogP contribution in [0, 0.1) is 40.0 Å². The maximum absolute atomic E-state index is 2.54. The zero-order chi connectivity index (χ0) is 20.5. The van der Waals surface area contributed by atoms with Gasteiger partial charge in [0.1, 0.15) is 0 Å². The molecule has 0 bridgehead atoms. The Balaban J connectivity index is 0. The average Bonchev–Trinajstić information content (AvgIpc) is 2.99. The fourth-order valence-corrected chi connectivity index (χ4v) is 10.5. The molecular formula is C25H39Cl3SiTi. The summed E-state index contributed by atoms with van der Waals surface area (Å²) in [5.74, 6) is 0. The smallest absolute Gasteiger partial charge is 1.00 e. The predicted octanol–water partition coefficient (Wildman–Crippen LogP) is -2.42. The Hall–Kier alpha value is 0.501. The molecule has 30 heavy (non-hydrogen) atoms. The van der Waals surface area contributed by atoms with Gasteiger partial charge in [0.25, 0.3) is 0 Å². The van der Waals surface area contributed by atoms with Crippen LogP contribution in [0.5, 0.6) is 0 Å². The van der Waals surface area contributed by atoms with Crippen molar-refractivity contribution >= 4 is 14.0 Å². The van der Waals surface area contributed by atoms with E-state index in [4.69, 9.17) is 0 Å². The van der Waals surface area contributed by atoms with Gasteiger partial charge in [0.2, 0.25) is 0 Å². The molecule has 0 saturated carbocycles. The topological polar surface area (TPSA) is 0 Å². The van der Waals surface area contributed by atoms with Crippen molar-refractivity contribution < 1.29 is 57.7 Å². The molecule has 0 spiro atoms. The number of halogens is 3. The van der Waals surface area contributed by atoms with E-state index in [1.165, 1.54) is 48.4 Å². The van der Waals surface area contributed by atoms with Crippen LogP contribution in [0.3, 0.4) is 0 Å². The molecule has 0 nitrogen and oxygen atoms in total. The third kappa shape index (κ3) is 6.75. The number of hydrogen-bond acceptors (Lipinski definition) is 0. The van der Waals surface area contributed by atoms with E-state index in [9.17, 15) is 0 Å². The second-order valence-electron chi connectivity index (χ2n) is 9.55. The molecule has 0 aliphatic heterocycles. The van der Waals surface area contributed by atoms with Gasteiger partial charge in [0.15, 0.2) is 0 Å². The van der Waals surface area contributed by atoms with E-state index >= 15 is 0 Å². The van der Waals surface area contributed by atoms with Gasteiger partial charge in [0.05, 0.1) is 0 Å². The van der Waals surface area contributed by atoms with Gasteiger partial charge in [-0.1, -0.05) is 0 Å². The van der Waals surface area contributed by atoms with Crippen LogP contribution in [0.15, 0.2) is 20.7 Å². The van der Waals surface area contributed by atoms with Gasteiger partial charge in [-0.25, -0.2) is 0 Å². The number of unbranched alkanes of at least 4 members (excludes halogenated alkanes) is 2. The van der Waals surface area contributed by atoms with E-state index in [2.05, 4.69) is 88.8 Å². The fourth-order valence-electron chi connectivity index (χ4n) is 4.78. The molecule has 1 atom stereocenters. The van der Waals surface area contributed by atoms with Crippen molar-refractivity contribution in [3.63, 3.8) is 0 Å². The quantitative estimate of drug-likeness (QED) is 0.289. The maximum atomic E-state index is 2.54. The summed E-state index contributed by atoms with van der Waals surface area (Å²) in [4.78, 5) is 0. The largest absolute Gasteiger partial charge is 1.00 e. The minimum atomic E-state index is -1.24. The Bertz CT molecular complexity index is 760. The summed E-state index contributed by atoms with van der Waals surface area (Å²) in [7, 11) is -1.24. The molecule has 0 N–H and O–H groups in total. The Morgan fingerprint density at radius 1 is 0.833 bits per heavy atom. The van der Waals surface area contributed by atoms with E-state index in [0.29, 0.717) is 0 Å². The molecule has 1 aliphatic rings. The average molecular weight is 522 g/mol. The van der Waals surface area contributed by atoms with E-state index in [-0.39, 0.29) is 42.6 Å². The molecule has 1 unspecified atom stereocenters. The van der Waals surface area contributed by atoms with Gasteiger partial charge < -0.3 is 37.2 Å².